The van der Waals surface area contributed by atoms with E-state index in [1.807, 2.05) is 0 Å². The molecule has 0 aromatic rings. The molecule has 1 saturated heterocycles. The minimum Gasteiger partial charge on any atom is -0.390 e. The lowest BCUT2D eigenvalue weighted by atomic mass is 9.77. The molecule has 2 aliphatic rings. The van der Waals surface area contributed by atoms with Crippen LogP contribution in [0.25, 0.3) is 0 Å². The van der Waals surface area contributed by atoms with Gasteiger partial charge < -0.3 is 9.84 Å². The Morgan fingerprint density at radius 2 is 1.71 bits per heavy atom. The predicted molar refractivity (Wildman–Crippen MR) is 56.2 cm³/mol. The standard InChI is InChI=1S/C12H22O2/c13-12(6-2-1-3-7-12)10-11-4-8-14-9-5-11/h11,13H,1-10H2. The minimum absolute atomic E-state index is 0.319. The number of aliphatic hydroxyl groups is 1. The normalized spacial score (nSPS) is 28.9. The van der Waals surface area contributed by atoms with Crippen molar-refractivity contribution in [3.8, 4) is 0 Å². The van der Waals surface area contributed by atoms with Crippen molar-refractivity contribution in [3.63, 3.8) is 0 Å². The molecule has 0 unspecified atom stereocenters. The van der Waals surface area contributed by atoms with E-state index in [1.54, 1.807) is 0 Å². The summed E-state index contributed by atoms with van der Waals surface area (Å²) in [4.78, 5) is 0. The molecule has 0 radical (unpaired) electrons. The number of ether oxygens (including phenoxy) is 1. The van der Waals surface area contributed by atoms with Gasteiger partial charge in [0.15, 0.2) is 0 Å². The fourth-order valence-corrected chi connectivity index (χ4v) is 2.90. The summed E-state index contributed by atoms with van der Waals surface area (Å²) in [6.45, 7) is 1.81. The Kier molecular flexibility index (Phi) is 3.45. The highest BCUT2D eigenvalue weighted by atomic mass is 16.5. The van der Waals surface area contributed by atoms with Gasteiger partial charge in [0.05, 0.1) is 5.60 Å². The summed E-state index contributed by atoms with van der Waals surface area (Å²) in [6.07, 6.45) is 9.16. The molecule has 1 saturated carbocycles. The molecule has 14 heavy (non-hydrogen) atoms. The average Bonchev–Trinajstić information content (AvgIpc) is 2.19. The van der Waals surface area contributed by atoms with Crippen LogP contribution in [0.1, 0.15) is 51.4 Å². The van der Waals surface area contributed by atoms with E-state index in [0.29, 0.717) is 5.92 Å². The van der Waals surface area contributed by atoms with Crippen molar-refractivity contribution in [3.05, 3.63) is 0 Å². The van der Waals surface area contributed by atoms with Crippen molar-refractivity contribution in [2.24, 2.45) is 5.92 Å². The zero-order chi connectivity index (χ0) is 9.86. The van der Waals surface area contributed by atoms with Gasteiger partial charge in [0.25, 0.3) is 0 Å². The zero-order valence-corrected chi connectivity index (χ0v) is 9.00. The van der Waals surface area contributed by atoms with Gasteiger partial charge in [-0.05, 0) is 38.0 Å². The quantitative estimate of drug-likeness (QED) is 0.738. The van der Waals surface area contributed by atoms with Crippen LogP contribution in [0.5, 0.6) is 0 Å². The van der Waals surface area contributed by atoms with Crippen LogP contribution >= 0.6 is 0 Å². The second kappa shape index (κ2) is 4.63. The molecule has 0 spiro atoms. The smallest absolute Gasteiger partial charge is 0.0650 e. The van der Waals surface area contributed by atoms with Gasteiger partial charge in [-0.15, -0.1) is 0 Å². The van der Waals surface area contributed by atoms with Crippen molar-refractivity contribution in [1.82, 2.24) is 0 Å². The van der Waals surface area contributed by atoms with Gasteiger partial charge in [0, 0.05) is 13.2 Å². The van der Waals surface area contributed by atoms with Crippen molar-refractivity contribution in [1.29, 1.82) is 0 Å². The van der Waals surface area contributed by atoms with Gasteiger partial charge in [-0.25, -0.2) is 0 Å². The third kappa shape index (κ3) is 2.71. The van der Waals surface area contributed by atoms with E-state index in [2.05, 4.69) is 0 Å². The van der Waals surface area contributed by atoms with Gasteiger partial charge in [0.1, 0.15) is 0 Å². The molecule has 2 heteroatoms. The molecule has 82 valence electrons. The number of rotatable bonds is 2. The molecule has 2 fully saturated rings. The summed E-state index contributed by atoms with van der Waals surface area (Å²) < 4.78 is 5.34. The highest BCUT2D eigenvalue weighted by Crippen LogP contribution is 2.35. The molecule has 1 aliphatic carbocycles. The second-order valence-corrected chi connectivity index (χ2v) is 5.04. The van der Waals surface area contributed by atoms with Crippen LogP contribution in [0.4, 0.5) is 0 Å². The predicted octanol–water partition coefficient (Wildman–Crippen LogP) is 2.50. The Morgan fingerprint density at radius 3 is 2.36 bits per heavy atom. The van der Waals surface area contributed by atoms with Crippen LogP contribution in [0.15, 0.2) is 0 Å². The van der Waals surface area contributed by atoms with E-state index in [-0.39, 0.29) is 5.60 Å². The van der Waals surface area contributed by atoms with Crippen LogP contribution < -0.4 is 0 Å². The summed E-state index contributed by atoms with van der Waals surface area (Å²) in [5.41, 5.74) is -0.319. The monoisotopic (exact) mass is 198 g/mol. The molecule has 0 aromatic carbocycles. The molecule has 1 heterocycles. The van der Waals surface area contributed by atoms with Crippen LogP contribution in [0.2, 0.25) is 0 Å². The topological polar surface area (TPSA) is 29.5 Å². The maximum Gasteiger partial charge on any atom is 0.0650 e. The lowest BCUT2D eigenvalue weighted by Crippen LogP contribution is -2.35. The van der Waals surface area contributed by atoms with Gasteiger partial charge in [-0.3, -0.25) is 0 Å². The van der Waals surface area contributed by atoms with Crippen molar-refractivity contribution < 1.29 is 9.84 Å². The fourth-order valence-electron chi connectivity index (χ4n) is 2.90. The SMILES string of the molecule is OC1(CC2CCOCC2)CCCCC1. The Bertz CT molecular complexity index is 167. The molecule has 0 bridgehead atoms. The zero-order valence-electron chi connectivity index (χ0n) is 9.00. The van der Waals surface area contributed by atoms with E-state index in [4.69, 9.17) is 4.74 Å². The molecule has 2 rings (SSSR count). The van der Waals surface area contributed by atoms with Crippen LogP contribution in [-0.4, -0.2) is 23.9 Å². The van der Waals surface area contributed by atoms with E-state index in [0.717, 1.165) is 45.3 Å². The van der Waals surface area contributed by atoms with Crippen molar-refractivity contribution >= 4 is 0 Å². The molecule has 0 amide bonds. The lowest BCUT2D eigenvalue weighted by Gasteiger charge is -2.36. The van der Waals surface area contributed by atoms with E-state index in [1.165, 1.54) is 19.3 Å². The summed E-state index contributed by atoms with van der Waals surface area (Å²) in [5.74, 6) is 0.715. The highest BCUT2D eigenvalue weighted by molar-refractivity contribution is 4.85. The number of hydrogen-bond acceptors (Lipinski definition) is 2. The summed E-state index contributed by atoms with van der Waals surface area (Å²) >= 11 is 0. The average molecular weight is 198 g/mol. The Labute approximate surface area is 86.6 Å². The van der Waals surface area contributed by atoms with Gasteiger partial charge in [0.2, 0.25) is 0 Å². The second-order valence-electron chi connectivity index (χ2n) is 5.04. The maximum atomic E-state index is 10.4. The summed E-state index contributed by atoms with van der Waals surface area (Å²) in [6, 6.07) is 0. The first-order valence-corrected chi connectivity index (χ1v) is 6.09. The van der Waals surface area contributed by atoms with Gasteiger partial charge in [-0.1, -0.05) is 19.3 Å². The summed E-state index contributed by atoms with van der Waals surface area (Å²) in [7, 11) is 0. The van der Waals surface area contributed by atoms with E-state index >= 15 is 0 Å². The van der Waals surface area contributed by atoms with Crippen LogP contribution in [-0.2, 0) is 4.74 Å². The van der Waals surface area contributed by atoms with Crippen molar-refractivity contribution in [2.45, 2.75) is 57.0 Å². The molecule has 1 N–H and O–H groups in total. The Morgan fingerprint density at radius 1 is 1.07 bits per heavy atom. The molecule has 0 aromatic heterocycles. The van der Waals surface area contributed by atoms with E-state index < -0.39 is 0 Å². The summed E-state index contributed by atoms with van der Waals surface area (Å²) in [5, 5.41) is 10.4. The Hall–Kier alpha value is -0.0800. The third-order valence-electron chi connectivity index (χ3n) is 3.79. The van der Waals surface area contributed by atoms with Crippen molar-refractivity contribution in [2.75, 3.05) is 13.2 Å². The number of hydrogen-bond donors (Lipinski definition) is 1. The van der Waals surface area contributed by atoms with Crippen LogP contribution in [0, 0.1) is 5.92 Å². The lowest BCUT2D eigenvalue weighted by molar-refractivity contribution is -0.0357. The fraction of sp³-hybridized carbons (Fsp3) is 1.00. The molecule has 1 aliphatic heterocycles. The molecular weight excluding hydrogens is 176 g/mol. The highest BCUT2D eigenvalue weighted by Gasteiger charge is 2.32. The minimum atomic E-state index is -0.319. The third-order valence-corrected chi connectivity index (χ3v) is 3.79. The molecule has 2 nitrogen and oxygen atoms in total. The first-order valence-electron chi connectivity index (χ1n) is 6.09. The first-order chi connectivity index (χ1) is 6.79. The first kappa shape index (κ1) is 10.4. The van der Waals surface area contributed by atoms with Crippen LogP contribution in [0.3, 0.4) is 0 Å². The molecular formula is C12H22O2. The largest absolute Gasteiger partial charge is 0.390 e. The Balaban J connectivity index is 1.81. The van der Waals surface area contributed by atoms with E-state index in [9.17, 15) is 5.11 Å². The maximum absolute atomic E-state index is 10.4. The van der Waals surface area contributed by atoms with Gasteiger partial charge in [-0.2, -0.15) is 0 Å². The van der Waals surface area contributed by atoms with Gasteiger partial charge >= 0.3 is 0 Å². The molecule has 0 atom stereocenters.